The lowest BCUT2D eigenvalue weighted by atomic mass is 10.1. The summed E-state index contributed by atoms with van der Waals surface area (Å²) in [5.41, 5.74) is 1.60. The van der Waals surface area contributed by atoms with Crippen LogP contribution in [0.5, 0.6) is 5.75 Å². The van der Waals surface area contributed by atoms with E-state index >= 15 is 0 Å². The van der Waals surface area contributed by atoms with Gasteiger partial charge in [-0.3, -0.25) is 0 Å². The van der Waals surface area contributed by atoms with Gasteiger partial charge in [0.2, 0.25) is 0 Å². The zero-order valence-electron chi connectivity index (χ0n) is 16.9. The number of hydrogen-bond acceptors (Lipinski definition) is 7. The lowest BCUT2D eigenvalue weighted by molar-refractivity contribution is 0.0820. The van der Waals surface area contributed by atoms with Gasteiger partial charge < -0.3 is 24.4 Å². The molecule has 2 atom stereocenters. The molecule has 3 aromatic rings. The molecule has 0 amide bonds. The molecular weight excluding hydrogens is 406 g/mol. The Balaban J connectivity index is 1.79. The van der Waals surface area contributed by atoms with E-state index in [0.29, 0.717) is 17.0 Å². The highest BCUT2D eigenvalue weighted by Gasteiger charge is 2.33. The molecule has 2 heterocycles. The topological polar surface area (TPSA) is 96.5 Å². The molecule has 0 bridgehead atoms. The smallest absolute Gasteiger partial charge is 0.165 e. The van der Waals surface area contributed by atoms with Crippen molar-refractivity contribution in [2.45, 2.75) is 49.9 Å². The van der Waals surface area contributed by atoms with Crippen LogP contribution in [-0.2, 0) is 6.54 Å². The Hall–Kier alpha value is -2.42. The van der Waals surface area contributed by atoms with Crippen LogP contribution in [0.3, 0.4) is 0 Å². The van der Waals surface area contributed by atoms with Gasteiger partial charge in [-0.25, -0.2) is 15.0 Å². The van der Waals surface area contributed by atoms with Gasteiger partial charge in [-0.2, -0.15) is 0 Å². The van der Waals surface area contributed by atoms with Gasteiger partial charge in [-0.15, -0.1) is 0 Å². The van der Waals surface area contributed by atoms with E-state index in [9.17, 15) is 10.2 Å². The SMILES string of the molecule is COc1ccccc1C(Cl)N(c1ncnc2c1ncn2CC(O)CO)C1CCCC1. The molecule has 160 valence electrons. The van der Waals surface area contributed by atoms with Gasteiger partial charge in [-0.1, -0.05) is 42.6 Å². The number of hydrogen-bond donors (Lipinski definition) is 2. The number of methoxy groups -OCH3 is 1. The molecule has 1 aliphatic rings. The average Bonchev–Trinajstić information content (AvgIpc) is 3.45. The second-order valence-electron chi connectivity index (χ2n) is 7.53. The fraction of sp³-hybridized carbons (Fsp3) is 0.476. The highest BCUT2D eigenvalue weighted by Crippen LogP contribution is 2.41. The normalized spacial score (nSPS) is 16.7. The van der Waals surface area contributed by atoms with Crippen molar-refractivity contribution in [1.29, 1.82) is 0 Å². The third kappa shape index (κ3) is 3.95. The van der Waals surface area contributed by atoms with Gasteiger partial charge in [-0.05, 0) is 18.9 Å². The number of anilines is 1. The van der Waals surface area contributed by atoms with Crippen LogP contribution in [0.15, 0.2) is 36.9 Å². The molecule has 2 N–H and O–H groups in total. The van der Waals surface area contributed by atoms with Crippen LogP contribution in [0.25, 0.3) is 11.2 Å². The van der Waals surface area contributed by atoms with E-state index in [0.717, 1.165) is 37.0 Å². The first kappa shape index (κ1) is 20.8. The molecule has 2 unspecified atom stereocenters. The summed E-state index contributed by atoms with van der Waals surface area (Å²) in [6.45, 7) is -0.132. The lowest BCUT2D eigenvalue weighted by Gasteiger charge is -2.34. The molecule has 2 aromatic heterocycles. The molecule has 0 aliphatic heterocycles. The minimum atomic E-state index is -0.888. The number of ether oxygens (including phenoxy) is 1. The van der Waals surface area contributed by atoms with Crippen molar-refractivity contribution in [2.24, 2.45) is 0 Å². The number of aliphatic hydroxyl groups is 2. The number of benzene rings is 1. The predicted octanol–water partition coefficient (Wildman–Crippen LogP) is 2.87. The lowest BCUT2D eigenvalue weighted by Crippen LogP contribution is -2.35. The van der Waals surface area contributed by atoms with Crippen LogP contribution >= 0.6 is 11.6 Å². The van der Waals surface area contributed by atoms with E-state index in [1.54, 1.807) is 18.0 Å². The Morgan fingerprint density at radius 1 is 1.23 bits per heavy atom. The summed E-state index contributed by atoms with van der Waals surface area (Å²) >= 11 is 7.06. The second kappa shape index (κ2) is 9.16. The van der Waals surface area contributed by atoms with Crippen molar-refractivity contribution >= 4 is 28.6 Å². The average molecular weight is 432 g/mol. The third-order valence-electron chi connectivity index (χ3n) is 5.60. The first-order chi connectivity index (χ1) is 14.6. The van der Waals surface area contributed by atoms with Crippen molar-refractivity contribution in [2.75, 3.05) is 18.6 Å². The first-order valence-corrected chi connectivity index (χ1v) is 10.6. The van der Waals surface area contributed by atoms with Crippen LogP contribution in [0.2, 0.25) is 0 Å². The summed E-state index contributed by atoms with van der Waals surface area (Å²) in [6, 6.07) is 7.96. The maximum absolute atomic E-state index is 9.85. The number of para-hydroxylation sites is 1. The minimum Gasteiger partial charge on any atom is -0.496 e. The molecule has 1 aliphatic carbocycles. The van der Waals surface area contributed by atoms with Crippen molar-refractivity contribution < 1.29 is 14.9 Å². The number of halogens is 1. The highest BCUT2D eigenvalue weighted by molar-refractivity contribution is 6.22. The van der Waals surface area contributed by atoms with Gasteiger partial charge in [0.25, 0.3) is 0 Å². The summed E-state index contributed by atoms with van der Waals surface area (Å²) in [5, 5.41) is 19.0. The molecule has 9 heteroatoms. The monoisotopic (exact) mass is 431 g/mol. The Morgan fingerprint density at radius 2 is 2.00 bits per heavy atom. The van der Waals surface area contributed by atoms with Gasteiger partial charge in [0.15, 0.2) is 17.0 Å². The largest absolute Gasteiger partial charge is 0.496 e. The quantitative estimate of drug-likeness (QED) is 0.418. The number of aromatic nitrogens is 4. The fourth-order valence-electron chi connectivity index (χ4n) is 4.14. The molecule has 1 fully saturated rings. The zero-order chi connectivity index (χ0) is 21.1. The van der Waals surface area contributed by atoms with E-state index in [1.807, 2.05) is 24.3 Å². The van der Waals surface area contributed by atoms with E-state index in [4.69, 9.17) is 16.3 Å². The van der Waals surface area contributed by atoms with Crippen molar-refractivity contribution in [3.63, 3.8) is 0 Å². The first-order valence-electron chi connectivity index (χ1n) is 10.1. The summed E-state index contributed by atoms with van der Waals surface area (Å²) in [6.07, 6.45) is 6.54. The number of fused-ring (bicyclic) bond motifs is 1. The van der Waals surface area contributed by atoms with Gasteiger partial charge in [0, 0.05) is 11.6 Å². The number of nitrogens with zero attached hydrogens (tertiary/aromatic N) is 5. The van der Waals surface area contributed by atoms with Gasteiger partial charge in [0.05, 0.1) is 32.7 Å². The molecular formula is C21H26ClN5O3. The second-order valence-corrected chi connectivity index (χ2v) is 7.94. The zero-order valence-corrected chi connectivity index (χ0v) is 17.6. The minimum absolute atomic E-state index is 0.198. The standard InChI is InChI=1S/C21H26ClN5O3/c1-30-17-9-5-4-8-16(17)19(22)27(14-6-2-3-7-14)21-18-20(23-12-24-21)26(13-25-18)10-15(29)11-28/h4-5,8-9,12-15,19,28-29H,2-3,6-7,10-11H2,1H3. The van der Waals surface area contributed by atoms with Crippen LogP contribution in [-0.4, -0.2) is 55.6 Å². The summed E-state index contributed by atoms with van der Waals surface area (Å²) in [4.78, 5) is 15.6. The maximum atomic E-state index is 9.85. The Bertz CT molecular complexity index is 992. The Labute approximate surface area is 180 Å². The number of alkyl halides is 1. The summed E-state index contributed by atoms with van der Waals surface area (Å²) < 4.78 is 7.27. The van der Waals surface area contributed by atoms with Gasteiger partial charge >= 0.3 is 0 Å². The fourth-order valence-corrected chi connectivity index (χ4v) is 4.57. The molecule has 1 saturated carbocycles. The Kier molecular flexibility index (Phi) is 6.36. The maximum Gasteiger partial charge on any atom is 0.165 e. The van der Waals surface area contributed by atoms with E-state index in [1.165, 1.54) is 6.33 Å². The summed E-state index contributed by atoms with van der Waals surface area (Å²) in [7, 11) is 1.64. The van der Waals surface area contributed by atoms with Crippen LogP contribution < -0.4 is 9.64 Å². The number of aliphatic hydroxyl groups excluding tert-OH is 2. The third-order valence-corrected chi connectivity index (χ3v) is 6.05. The van der Waals surface area contributed by atoms with E-state index < -0.39 is 11.6 Å². The van der Waals surface area contributed by atoms with Gasteiger partial charge in [0.1, 0.15) is 17.6 Å². The molecule has 0 saturated heterocycles. The predicted molar refractivity (Wildman–Crippen MR) is 115 cm³/mol. The molecule has 0 spiro atoms. The number of rotatable bonds is 8. The number of imidazole rings is 1. The van der Waals surface area contributed by atoms with Crippen molar-refractivity contribution in [3.05, 3.63) is 42.5 Å². The van der Waals surface area contributed by atoms with E-state index in [-0.39, 0.29) is 19.2 Å². The Morgan fingerprint density at radius 3 is 2.73 bits per heavy atom. The molecule has 8 nitrogen and oxygen atoms in total. The van der Waals surface area contributed by atoms with Crippen LogP contribution in [0.1, 0.15) is 36.7 Å². The molecule has 1 aromatic carbocycles. The molecule has 30 heavy (non-hydrogen) atoms. The van der Waals surface area contributed by atoms with Crippen LogP contribution in [0.4, 0.5) is 5.82 Å². The molecule has 4 rings (SSSR count). The van der Waals surface area contributed by atoms with Crippen molar-refractivity contribution in [1.82, 2.24) is 19.5 Å². The highest BCUT2D eigenvalue weighted by atomic mass is 35.5. The van der Waals surface area contributed by atoms with E-state index in [2.05, 4.69) is 19.9 Å². The molecule has 0 radical (unpaired) electrons. The van der Waals surface area contributed by atoms with Crippen LogP contribution in [0, 0.1) is 0 Å². The summed E-state index contributed by atoms with van der Waals surface area (Å²) in [5.74, 6) is 1.39. The van der Waals surface area contributed by atoms with Crippen molar-refractivity contribution in [3.8, 4) is 5.75 Å².